The van der Waals surface area contributed by atoms with Crippen molar-refractivity contribution in [2.24, 2.45) is 0 Å². The number of nitrogens with zero attached hydrogens (tertiary/aromatic N) is 2. The summed E-state index contributed by atoms with van der Waals surface area (Å²) in [5.41, 5.74) is 1.40. The molecule has 0 radical (unpaired) electrons. The van der Waals surface area contributed by atoms with Gasteiger partial charge in [0.05, 0.1) is 11.3 Å². The van der Waals surface area contributed by atoms with E-state index in [0.717, 1.165) is 5.69 Å². The number of aromatic nitrogens is 1. The van der Waals surface area contributed by atoms with Crippen LogP contribution in [0.15, 0.2) is 42.5 Å². The highest BCUT2D eigenvalue weighted by Gasteiger charge is 2.17. The summed E-state index contributed by atoms with van der Waals surface area (Å²) in [7, 11) is 1.65. The Kier molecular flexibility index (Phi) is 3.79. The van der Waals surface area contributed by atoms with E-state index in [9.17, 15) is 9.59 Å². The van der Waals surface area contributed by atoms with Crippen LogP contribution in [0, 0.1) is 6.92 Å². The number of aryl methyl sites for hydroxylation is 1. The van der Waals surface area contributed by atoms with E-state index in [-0.39, 0.29) is 17.2 Å². The summed E-state index contributed by atoms with van der Waals surface area (Å²) in [6.07, 6.45) is 0. The van der Waals surface area contributed by atoms with Crippen LogP contribution in [-0.2, 0) is 0 Å². The third-order valence-corrected chi connectivity index (χ3v) is 2.98. The minimum atomic E-state index is -1.05. The molecule has 1 aromatic carbocycles. The molecule has 2 rings (SSSR count). The van der Waals surface area contributed by atoms with Crippen molar-refractivity contribution in [2.45, 2.75) is 6.92 Å². The van der Waals surface area contributed by atoms with Crippen LogP contribution in [0.4, 0.5) is 5.69 Å². The molecule has 102 valence electrons. The van der Waals surface area contributed by atoms with E-state index in [0.29, 0.717) is 5.69 Å². The molecule has 5 heteroatoms. The molecule has 0 unspecified atom stereocenters. The van der Waals surface area contributed by atoms with Crippen LogP contribution in [0.25, 0.3) is 0 Å². The fourth-order valence-corrected chi connectivity index (χ4v) is 1.85. The van der Waals surface area contributed by atoms with Gasteiger partial charge in [-0.05, 0) is 31.2 Å². The number of anilines is 1. The summed E-state index contributed by atoms with van der Waals surface area (Å²) in [4.78, 5) is 28.8. The van der Waals surface area contributed by atoms with Crippen LogP contribution in [0.1, 0.15) is 26.5 Å². The van der Waals surface area contributed by atoms with Crippen molar-refractivity contribution in [2.75, 3.05) is 11.9 Å². The molecule has 0 atom stereocenters. The molecule has 20 heavy (non-hydrogen) atoms. The first-order valence-corrected chi connectivity index (χ1v) is 6.04. The highest BCUT2D eigenvalue weighted by molar-refractivity contribution is 6.04. The topological polar surface area (TPSA) is 70.5 Å². The van der Waals surface area contributed by atoms with Gasteiger partial charge in [-0.1, -0.05) is 18.2 Å². The van der Waals surface area contributed by atoms with Crippen LogP contribution in [0.3, 0.4) is 0 Å². The summed E-state index contributed by atoms with van der Waals surface area (Å²) in [5, 5.41) is 8.95. The second kappa shape index (κ2) is 5.52. The minimum absolute atomic E-state index is 0.101. The summed E-state index contributed by atoms with van der Waals surface area (Å²) < 4.78 is 0. The van der Waals surface area contributed by atoms with E-state index in [1.54, 1.807) is 14.0 Å². The van der Waals surface area contributed by atoms with Gasteiger partial charge < -0.3 is 10.0 Å². The zero-order chi connectivity index (χ0) is 14.7. The van der Waals surface area contributed by atoms with E-state index in [2.05, 4.69) is 4.98 Å². The van der Waals surface area contributed by atoms with E-state index < -0.39 is 5.97 Å². The van der Waals surface area contributed by atoms with Crippen LogP contribution in [0.5, 0.6) is 0 Å². The zero-order valence-corrected chi connectivity index (χ0v) is 11.2. The van der Waals surface area contributed by atoms with Crippen LogP contribution >= 0.6 is 0 Å². The van der Waals surface area contributed by atoms with Crippen molar-refractivity contribution in [1.29, 1.82) is 0 Å². The second-order valence-corrected chi connectivity index (χ2v) is 4.33. The number of benzene rings is 1. The van der Waals surface area contributed by atoms with Gasteiger partial charge in [-0.25, -0.2) is 9.78 Å². The number of carboxylic acids is 1. The molecule has 2 aromatic rings. The third-order valence-electron chi connectivity index (χ3n) is 2.98. The lowest BCUT2D eigenvalue weighted by Gasteiger charge is -2.17. The summed E-state index contributed by atoms with van der Waals surface area (Å²) >= 11 is 0. The highest BCUT2D eigenvalue weighted by Crippen LogP contribution is 2.15. The second-order valence-electron chi connectivity index (χ2n) is 4.33. The Morgan fingerprint density at radius 3 is 2.30 bits per heavy atom. The normalized spacial score (nSPS) is 10.1. The van der Waals surface area contributed by atoms with Gasteiger partial charge in [-0.3, -0.25) is 4.79 Å². The number of hydrogen-bond acceptors (Lipinski definition) is 3. The lowest BCUT2D eigenvalue weighted by atomic mass is 10.1. The molecule has 0 saturated heterocycles. The van der Waals surface area contributed by atoms with Gasteiger partial charge in [-0.15, -0.1) is 0 Å². The first-order chi connectivity index (χ1) is 9.50. The van der Waals surface area contributed by atoms with Gasteiger partial charge in [0.15, 0.2) is 0 Å². The smallest absolute Gasteiger partial charge is 0.337 e. The lowest BCUT2D eigenvalue weighted by molar-refractivity contribution is 0.0695. The number of hydrogen-bond donors (Lipinski definition) is 1. The Hall–Kier alpha value is -2.69. The fourth-order valence-electron chi connectivity index (χ4n) is 1.85. The van der Waals surface area contributed by atoms with E-state index in [1.165, 1.54) is 17.0 Å². The summed E-state index contributed by atoms with van der Waals surface area (Å²) in [6, 6.07) is 12.0. The average molecular weight is 270 g/mol. The number of carbonyl (C=O) groups excluding carboxylic acids is 1. The van der Waals surface area contributed by atoms with Crippen molar-refractivity contribution in [3.05, 3.63) is 59.4 Å². The molecule has 0 saturated carbocycles. The highest BCUT2D eigenvalue weighted by atomic mass is 16.4. The van der Waals surface area contributed by atoms with E-state index in [4.69, 9.17) is 5.11 Å². The van der Waals surface area contributed by atoms with Gasteiger partial charge in [-0.2, -0.15) is 0 Å². The average Bonchev–Trinajstić information content (AvgIpc) is 2.46. The molecule has 1 aromatic heterocycles. The molecule has 0 aliphatic rings. The fraction of sp³-hybridized carbons (Fsp3) is 0.133. The first-order valence-electron chi connectivity index (χ1n) is 6.04. The Balaban J connectivity index is 2.30. The molecule has 0 fully saturated rings. The van der Waals surface area contributed by atoms with Crippen LogP contribution < -0.4 is 4.90 Å². The molecule has 1 heterocycles. The summed E-state index contributed by atoms with van der Waals surface area (Å²) in [6.45, 7) is 1.57. The maximum atomic E-state index is 12.3. The Morgan fingerprint density at radius 2 is 1.75 bits per heavy atom. The largest absolute Gasteiger partial charge is 0.478 e. The maximum Gasteiger partial charge on any atom is 0.337 e. The van der Waals surface area contributed by atoms with Gasteiger partial charge in [0.25, 0.3) is 5.91 Å². The molecule has 0 aliphatic carbocycles. The molecular weight excluding hydrogens is 256 g/mol. The predicted octanol–water partition coefficient (Wildman–Crippen LogP) is 2.36. The SMILES string of the molecule is Cc1nc(C(=O)N(C)c2ccccc2)ccc1C(=O)O. The van der Waals surface area contributed by atoms with Crippen LogP contribution in [0.2, 0.25) is 0 Å². The number of carbonyl (C=O) groups is 2. The van der Waals surface area contributed by atoms with Crippen molar-refractivity contribution in [3.8, 4) is 0 Å². The van der Waals surface area contributed by atoms with Crippen molar-refractivity contribution < 1.29 is 14.7 Å². The molecule has 1 N–H and O–H groups in total. The number of pyridine rings is 1. The molecular formula is C15H14N2O3. The Morgan fingerprint density at radius 1 is 1.10 bits per heavy atom. The van der Waals surface area contributed by atoms with Gasteiger partial charge >= 0.3 is 5.97 Å². The number of rotatable bonds is 3. The first kappa shape index (κ1) is 13.7. The summed E-state index contributed by atoms with van der Waals surface area (Å²) in [5.74, 6) is -1.33. The van der Waals surface area contributed by atoms with Gasteiger partial charge in [0.2, 0.25) is 0 Å². The van der Waals surface area contributed by atoms with E-state index >= 15 is 0 Å². The Labute approximate surface area is 116 Å². The molecule has 1 amide bonds. The number of carboxylic acid groups (broad SMARTS) is 1. The molecule has 5 nitrogen and oxygen atoms in total. The number of para-hydroxylation sites is 1. The molecule has 0 aliphatic heterocycles. The molecule has 0 spiro atoms. The monoisotopic (exact) mass is 270 g/mol. The lowest BCUT2D eigenvalue weighted by Crippen LogP contribution is -2.27. The van der Waals surface area contributed by atoms with Gasteiger partial charge in [0, 0.05) is 12.7 Å². The van der Waals surface area contributed by atoms with E-state index in [1.807, 2.05) is 30.3 Å². The Bertz CT molecular complexity index is 653. The molecule has 0 bridgehead atoms. The third kappa shape index (κ3) is 2.66. The number of aromatic carboxylic acids is 1. The maximum absolute atomic E-state index is 12.3. The van der Waals surface area contributed by atoms with Gasteiger partial charge in [0.1, 0.15) is 5.69 Å². The zero-order valence-electron chi connectivity index (χ0n) is 11.2. The quantitative estimate of drug-likeness (QED) is 0.929. The predicted molar refractivity (Wildman–Crippen MR) is 75.1 cm³/mol. The minimum Gasteiger partial charge on any atom is -0.478 e. The van der Waals surface area contributed by atoms with Crippen LogP contribution in [-0.4, -0.2) is 29.0 Å². The van der Waals surface area contributed by atoms with Crippen molar-refractivity contribution >= 4 is 17.6 Å². The number of amides is 1. The van der Waals surface area contributed by atoms with Crippen molar-refractivity contribution in [1.82, 2.24) is 4.98 Å². The standard InChI is InChI=1S/C15H14N2O3/c1-10-12(15(19)20)8-9-13(16-10)14(18)17(2)11-6-4-3-5-7-11/h3-9H,1-2H3,(H,19,20). The van der Waals surface area contributed by atoms with Crippen molar-refractivity contribution in [3.63, 3.8) is 0 Å².